The average Bonchev–Trinajstić information content (AvgIpc) is 2.32. The van der Waals surface area contributed by atoms with Gasteiger partial charge in [-0.25, -0.2) is 9.97 Å². The molecule has 1 aromatic heterocycles. The smallest absolute Gasteiger partial charge is 0.274 e. The normalized spacial score (nSPS) is 9.94. The number of rotatable bonds is 2. The van der Waals surface area contributed by atoms with Crippen LogP contribution in [0.5, 0.6) is 5.88 Å². The summed E-state index contributed by atoms with van der Waals surface area (Å²) in [4.78, 5) is 19.0. The molecule has 1 aromatic carbocycles. The fourth-order valence-electron chi connectivity index (χ4n) is 1.30. The second-order valence-corrected chi connectivity index (χ2v) is 3.58. The summed E-state index contributed by atoms with van der Waals surface area (Å²) in [5.41, 5.74) is 1.92. The number of hydrogen-bond acceptors (Lipinski definition) is 4. The summed E-state index contributed by atoms with van der Waals surface area (Å²) in [6, 6.07) is 8.60. The third-order valence-corrected chi connectivity index (χ3v) is 2.19. The molecule has 2 aromatic rings. The van der Waals surface area contributed by atoms with Gasteiger partial charge < -0.3 is 10.4 Å². The van der Waals surface area contributed by atoms with E-state index in [-0.39, 0.29) is 17.5 Å². The van der Waals surface area contributed by atoms with E-state index in [1.54, 1.807) is 12.1 Å². The SMILES string of the molecule is Cc1ccc(NC(=O)c2cc(O)ncn2)cc1. The maximum absolute atomic E-state index is 11.7. The minimum absolute atomic E-state index is 0.123. The van der Waals surface area contributed by atoms with E-state index in [4.69, 9.17) is 5.11 Å². The Labute approximate surface area is 98.2 Å². The molecule has 0 unspecified atom stereocenters. The summed E-state index contributed by atoms with van der Waals surface area (Å²) in [5.74, 6) is -0.611. The van der Waals surface area contributed by atoms with Crippen molar-refractivity contribution in [1.82, 2.24) is 9.97 Å². The van der Waals surface area contributed by atoms with Crippen LogP contribution in [0.4, 0.5) is 5.69 Å². The van der Waals surface area contributed by atoms with Crippen molar-refractivity contribution in [3.05, 3.63) is 47.9 Å². The molecule has 1 amide bonds. The van der Waals surface area contributed by atoms with Crippen LogP contribution in [0.1, 0.15) is 16.1 Å². The molecule has 0 spiro atoms. The van der Waals surface area contributed by atoms with Gasteiger partial charge in [-0.15, -0.1) is 0 Å². The van der Waals surface area contributed by atoms with Crippen LogP contribution >= 0.6 is 0 Å². The highest BCUT2D eigenvalue weighted by atomic mass is 16.3. The summed E-state index contributed by atoms with van der Waals surface area (Å²) in [5, 5.41) is 11.8. The molecule has 0 aliphatic rings. The molecule has 17 heavy (non-hydrogen) atoms. The van der Waals surface area contributed by atoms with Gasteiger partial charge in [-0.1, -0.05) is 17.7 Å². The van der Waals surface area contributed by atoms with Crippen LogP contribution < -0.4 is 5.32 Å². The minimum Gasteiger partial charge on any atom is -0.493 e. The number of benzene rings is 1. The lowest BCUT2D eigenvalue weighted by Crippen LogP contribution is -2.13. The first-order valence-corrected chi connectivity index (χ1v) is 5.04. The number of aromatic hydroxyl groups is 1. The Balaban J connectivity index is 2.14. The van der Waals surface area contributed by atoms with Crippen molar-refractivity contribution in [2.75, 3.05) is 5.32 Å². The largest absolute Gasteiger partial charge is 0.493 e. The summed E-state index contributed by atoms with van der Waals surface area (Å²) >= 11 is 0. The standard InChI is InChI=1S/C12H11N3O2/c1-8-2-4-9(5-3-8)15-12(17)10-6-11(16)14-7-13-10/h2-7H,1H3,(H,15,17)(H,13,14,16). The van der Waals surface area contributed by atoms with Gasteiger partial charge in [-0.2, -0.15) is 0 Å². The predicted octanol–water partition coefficient (Wildman–Crippen LogP) is 1.74. The predicted molar refractivity (Wildman–Crippen MR) is 62.8 cm³/mol. The summed E-state index contributed by atoms with van der Waals surface area (Å²) in [7, 11) is 0. The summed E-state index contributed by atoms with van der Waals surface area (Å²) in [6.45, 7) is 1.97. The van der Waals surface area contributed by atoms with E-state index in [0.29, 0.717) is 5.69 Å². The van der Waals surface area contributed by atoms with Gasteiger partial charge in [0.25, 0.3) is 5.91 Å². The number of hydrogen-bond donors (Lipinski definition) is 2. The molecule has 1 heterocycles. The number of amides is 1. The van der Waals surface area contributed by atoms with Gasteiger partial charge in [0.2, 0.25) is 5.88 Å². The molecular formula is C12H11N3O2. The van der Waals surface area contributed by atoms with Crippen molar-refractivity contribution in [3.8, 4) is 5.88 Å². The van der Waals surface area contributed by atoms with Gasteiger partial charge >= 0.3 is 0 Å². The Bertz CT molecular complexity index is 538. The van der Waals surface area contributed by atoms with Gasteiger partial charge in [0.05, 0.1) is 0 Å². The Hall–Kier alpha value is -2.43. The fourth-order valence-corrected chi connectivity index (χ4v) is 1.30. The van der Waals surface area contributed by atoms with Gasteiger partial charge in [0.1, 0.15) is 12.0 Å². The van der Waals surface area contributed by atoms with E-state index in [9.17, 15) is 4.79 Å². The topological polar surface area (TPSA) is 75.1 Å². The van der Waals surface area contributed by atoms with Crippen LogP contribution in [0.3, 0.4) is 0 Å². The highest BCUT2D eigenvalue weighted by Gasteiger charge is 2.08. The molecular weight excluding hydrogens is 218 g/mol. The third-order valence-electron chi connectivity index (χ3n) is 2.19. The molecule has 86 valence electrons. The monoisotopic (exact) mass is 229 g/mol. The molecule has 0 saturated carbocycles. The van der Waals surface area contributed by atoms with E-state index in [2.05, 4.69) is 15.3 Å². The summed E-state index contributed by atoms with van der Waals surface area (Å²) in [6.07, 6.45) is 1.14. The quantitative estimate of drug-likeness (QED) is 0.822. The van der Waals surface area contributed by atoms with Crippen LogP contribution in [-0.4, -0.2) is 21.0 Å². The van der Waals surface area contributed by atoms with Crippen molar-refractivity contribution < 1.29 is 9.90 Å². The van der Waals surface area contributed by atoms with Gasteiger partial charge in [-0.3, -0.25) is 4.79 Å². The van der Waals surface area contributed by atoms with Crippen LogP contribution in [0.15, 0.2) is 36.7 Å². The molecule has 2 N–H and O–H groups in total. The first-order valence-electron chi connectivity index (χ1n) is 5.04. The molecule has 0 bridgehead atoms. The van der Waals surface area contributed by atoms with E-state index >= 15 is 0 Å². The Morgan fingerprint density at radius 3 is 2.59 bits per heavy atom. The zero-order valence-electron chi connectivity index (χ0n) is 9.21. The zero-order chi connectivity index (χ0) is 12.3. The molecule has 0 fully saturated rings. The number of aromatic nitrogens is 2. The third kappa shape index (κ3) is 2.78. The Kier molecular flexibility index (Phi) is 3.00. The molecule has 0 atom stereocenters. The first-order chi connectivity index (χ1) is 8.15. The maximum Gasteiger partial charge on any atom is 0.274 e. The van der Waals surface area contributed by atoms with Crippen LogP contribution in [0.2, 0.25) is 0 Å². The number of anilines is 1. The van der Waals surface area contributed by atoms with Crippen molar-refractivity contribution in [1.29, 1.82) is 0 Å². The Morgan fingerprint density at radius 1 is 1.24 bits per heavy atom. The number of aryl methyl sites for hydroxylation is 1. The first kappa shape index (κ1) is 11.1. The van der Waals surface area contributed by atoms with Crippen molar-refractivity contribution in [2.24, 2.45) is 0 Å². The highest BCUT2D eigenvalue weighted by Crippen LogP contribution is 2.11. The minimum atomic E-state index is -0.383. The van der Waals surface area contributed by atoms with E-state index < -0.39 is 0 Å². The number of nitrogens with one attached hydrogen (secondary N) is 1. The van der Waals surface area contributed by atoms with Crippen LogP contribution in [-0.2, 0) is 0 Å². The number of nitrogens with zero attached hydrogens (tertiary/aromatic N) is 2. The van der Waals surface area contributed by atoms with Gasteiger partial charge in [-0.05, 0) is 19.1 Å². The van der Waals surface area contributed by atoms with E-state index in [1.165, 1.54) is 6.07 Å². The van der Waals surface area contributed by atoms with Crippen molar-refractivity contribution in [2.45, 2.75) is 6.92 Å². The van der Waals surface area contributed by atoms with Crippen LogP contribution in [0, 0.1) is 6.92 Å². The van der Waals surface area contributed by atoms with Crippen molar-refractivity contribution in [3.63, 3.8) is 0 Å². The molecule has 0 saturated heterocycles. The van der Waals surface area contributed by atoms with Gasteiger partial charge in [0.15, 0.2) is 0 Å². The van der Waals surface area contributed by atoms with E-state index in [0.717, 1.165) is 11.9 Å². The fraction of sp³-hybridized carbons (Fsp3) is 0.0833. The number of carbonyl (C=O) groups is 1. The molecule has 2 rings (SSSR count). The zero-order valence-corrected chi connectivity index (χ0v) is 9.21. The highest BCUT2D eigenvalue weighted by molar-refractivity contribution is 6.02. The molecule has 0 aliphatic heterocycles. The molecule has 0 radical (unpaired) electrons. The Morgan fingerprint density at radius 2 is 1.94 bits per heavy atom. The lowest BCUT2D eigenvalue weighted by molar-refractivity contribution is 0.102. The van der Waals surface area contributed by atoms with Crippen molar-refractivity contribution >= 4 is 11.6 Å². The summed E-state index contributed by atoms with van der Waals surface area (Å²) < 4.78 is 0. The number of carbonyl (C=O) groups excluding carboxylic acids is 1. The lowest BCUT2D eigenvalue weighted by Gasteiger charge is -2.04. The lowest BCUT2D eigenvalue weighted by atomic mass is 10.2. The second-order valence-electron chi connectivity index (χ2n) is 3.58. The maximum atomic E-state index is 11.7. The van der Waals surface area contributed by atoms with E-state index in [1.807, 2.05) is 19.1 Å². The van der Waals surface area contributed by atoms with Gasteiger partial charge in [0, 0.05) is 11.8 Å². The molecule has 0 aliphatic carbocycles. The van der Waals surface area contributed by atoms with Crippen LogP contribution in [0.25, 0.3) is 0 Å². The molecule has 5 heteroatoms. The average molecular weight is 229 g/mol. The second kappa shape index (κ2) is 4.61. The molecule has 5 nitrogen and oxygen atoms in total.